The third-order valence-electron chi connectivity index (χ3n) is 3.71. The van der Waals surface area contributed by atoms with Gasteiger partial charge in [0.05, 0.1) is 16.6 Å². The first-order chi connectivity index (χ1) is 11.9. The number of anilines is 1. The molecule has 0 radical (unpaired) electrons. The van der Waals surface area contributed by atoms with Gasteiger partial charge in [0.2, 0.25) is 0 Å². The summed E-state index contributed by atoms with van der Waals surface area (Å²) in [7, 11) is 0. The van der Waals surface area contributed by atoms with Gasteiger partial charge < -0.3 is 9.90 Å². The number of aromatic carboxylic acids is 1. The molecule has 7 heteroatoms. The van der Waals surface area contributed by atoms with E-state index in [0.717, 1.165) is 15.6 Å². The van der Waals surface area contributed by atoms with Gasteiger partial charge in [0, 0.05) is 4.47 Å². The van der Waals surface area contributed by atoms with Crippen molar-refractivity contribution in [3.05, 3.63) is 69.0 Å². The lowest BCUT2D eigenvalue weighted by Gasteiger charge is -2.16. The maximum absolute atomic E-state index is 12.9. The number of rotatable bonds is 3. The highest BCUT2D eigenvalue weighted by molar-refractivity contribution is 9.10. The van der Waals surface area contributed by atoms with E-state index >= 15 is 0 Å². The summed E-state index contributed by atoms with van der Waals surface area (Å²) in [5.74, 6) is -1.56. The van der Waals surface area contributed by atoms with E-state index in [1.807, 2.05) is 31.2 Å². The second kappa shape index (κ2) is 7.11. The minimum Gasteiger partial charge on any atom is -0.545 e. The first kappa shape index (κ1) is 17.8. The number of halogens is 1. The van der Waals surface area contributed by atoms with E-state index in [1.165, 1.54) is 28.8 Å². The Hall–Kier alpha value is -1.96. The van der Waals surface area contributed by atoms with E-state index < -0.39 is 5.97 Å². The van der Waals surface area contributed by atoms with Crippen LogP contribution >= 0.6 is 39.9 Å². The van der Waals surface area contributed by atoms with Crippen molar-refractivity contribution >= 4 is 67.4 Å². The summed E-state index contributed by atoms with van der Waals surface area (Å²) < 4.78 is 1.28. The number of allylic oxidation sites excluding steroid dienone is 1. The normalized spacial score (nSPS) is 16.3. The van der Waals surface area contributed by atoms with Crippen molar-refractivity contribution in [2.24, 2.45) is 0 Å². The summed E-state index contributed by atoms with van der Waals surface area (Å²) in [5, 5.41) is 11.1. The van der Waals surface area contributed by atoms with Gasteiger partial charge in [0.25, 0.3) is 5.91 Å². The number of carbonyl (C=O) groups is 2. The summed E-state index contributed by atoms with van der Waals surface area (Å²) in [6.45, 7) is 1.87. The molecular weight excluding hydrogens is 422 g/mol. The number of thioether (sulfide) groups is 1. The first-order valence-corrected chi connectivity index (χ1v) is 9.25. The SMILES string of the molecule is C/C(=C1/SC(=S)N(c2cccc(C(=O)[O-])c2)C1=O)c1cccc(Br)c1. The smallest absolute Gasteiger partial charge is 0.271 e. The largest absolute Gasteiger partial charge is 0.545 e. The Morgan fingerprint density at radius 2 is 1.84 bits per heavy atom. The standard InChI is InChI=1S/C18H12BrNO3S2/c1-10(11-4-2-6-13(19)8-11)15-16(21)20(18(24)25-15)14-7-3-5-12(9-14)17(22)23/h2-9H,1H3,(H,22,23)/p-1/b15-10-. The second-order valence-corrected chi connectivity index (χ2v) is 7.87. The molecule has 3 rings (SSSR count). The molecular formula is C18H11BrNO3S2-. The van der Waals surface area contributed by atoms with Gasteiger partial charge in [-0.2, -0.15) is 0 Å². The molecule has 1 fully saturated rings. The molecule has 1 aliphatic heterocycles. The van der Waals surface area contributed by atoms with Crippen molar-refractivity contribution in [2.45, 2.75) is 6.92 Å². The van der Waals surface area contributed by atoms with Crippen molar-refractivity contribution < 1.29 is 14.7 Å². The molecule has 0 N–H and O–H groups in total. The van der Waals surface area contributed by atoms with Crippen LogP contribution < -0.4 is 10.0 Å². The summed E-state index contributed by atoms with van der Waals surface area (Å²) >= 11 is 9.97. The quantitative estimate of drug-likeness (QED) is 0.547. The Balaban J connectivity index is 2.02. The third-order valence-corrected chi connectivity index (χ3v) is 5.68. The van der Waals surface area contributed by atoms with E-state index in [9.17, 15) is 14.7 Å². The number of hydrogen-bond acceptors (Lipinski definition) is 5. The van der Waals surface area contributed by atoms with E-state index in [1.54, 1.807) is 12.1 Å². The minimum absolute atomic E-state index is 0.000702. The van der Waals surface area contributed by atoms with Gasteiger partial charge in [-0.3, -0.25) is 9.69 Å². The number of nitrogens with zero attached hydrogens (tertiary/aromatic N) is 1. The number of benzene rings is 2. The molecule has 1 heterocycles. The van der Waals surface area contributed by atoms with Crippen molar-refractivity contribution in [3.8, 4) is 0 Å². The van der Waals surface area contributed by atoms with Crippen molar-refractivity contribution in [1.82, 2.24) is 0 Å². The Kier molecular flexibility index (Phi) is 5.08. The highest BCUT2D eigenvalue weighted by Crippen LogP contribution is 2.39. The lowest BCUT2D eigenvalue weighted by atomic mass is 10.1. The van der Waals surface area contributed by atoms with Gasteiger partial charge in [-0.1, -0.05) is 64.2 Å². The Morgan fingerprint density at radius 1 is 1.16 bits per heavy atom. The molecule has 2 aromatic carbocycles. The second-order valence-electron chi connectivity index (χ2n) is 5.31. The van der Waals surface area contributed by atoms with Gasteiger partial charge in [0.15, 0.2) is 4.32 Å². The molecule has 2 aromatic rings. The monoisotopic (exact) mass is 432 g/mol. The summed E-state index contributed by atoms with van der Waals surface area (Å²) in [6, 6.07) is 13.7. The molecule has 0 saturated carbocycles. The van der Waals surface area contributed by atoms with Gasteiger partial charge >= 0.3 is 0 Å². The number of hydrogen-bond donors (Lipinski definition) is 0. The highest BCUT2D eigenvalue weighted by atomic mass is 79.9. The highest BCUT2D eigenvalue weighted by Gasteiger charge is 2.35. The predicted octanol–water partition coefficient (Wildman–Crippen LogP) is 3.61. The first-order valence-electron chi connectivity index (χ1n) is 7.23. The van der Waals surface area contributed by atoms with Crippen LogP contribution in [0.5, 0.6) is 0 Å². The fourth-order valence-electron chi connectivity index (χ4n) is 2.45. The van der Waals surface area contributed by atoms with Gasteiger partial charge in [0.1, 0.15) is 0 Å². The lowest BCUT2D eigenvalue weighted by Crippen LogP contribution is -2.28. The van der Waals surface area contributed by atoms with Crippen LogP contribution in [0.2, 0.25) is 0 Å². The number of carboxylic acid groups (broad SMARTS) is 1. The van der Waals surface area contributed by atoms with Crippen LogP contribution in [0.25, 0.3) is 5.57 Å². The van der Waals surface area contributed by atoms with E-state index in [0.29, 0.717) is 14.9 Å². The van der Waals surface area contributed by atoms with Crippen LogP contribution in [0.3, 0.4) is 0 Å². The number of carbonyl (C=O) groups excluding carboxylic acids is 2. The van der Waals surface area contributed by atoms with E-state index in [2.05, 4.69) is 15.9 Å². The molecule has 0 atom stereocenters. The van der Waals surface area contributed by atoms with Crippen LogP contribution in [0.4, 0.5) is 5.69 Å². The minimum atomic E-state index is -1.30. The molecule has 1 aliphatic rings. The van der Waals surface area contributed by atoms with Gasteiger partial charge in [-0.25, -0.2) is 0 Å². The van der Waals surface area contributed by atoms with Crippen LogP contribution in [0, 0.1) is 0 Å². The zero-order valence-electron chi connectivity index (χ0n) is 13.0. The van der Waals surface area contributed by atoms with Crippen LogP contribution in [-0.4, -0.2) is 16.2 Å². The third kappa shape index (κ3) is 3.53. The molecule has 1 amide bonds. The Labute approximate surface area is 162 Å². The molecule has 0 unspecified atom stereocenters. The molecule has 0 bridgehead atoms. The lowest BCUT2D eigenvalue weighted by molar-refractivity contribution is -0.255. The van der Waals surface area contributed by atoms with E-state index in [4.69, 9.17) is 12.2 Å². The number of thiocarbonyl (C=S) groups is 1. The number of carboxylic acids is 1. The summed E-state index contributed by atoms with van der Waals surface area (Å²) in [6.07, 6.45) is 0. The fourth-order valence-corrected chi connectivity index (χ4v) is 4.19. The molecule has 1 saturated heterocycles. The summed E-state index contributed by atoms with van der Waals surface area (Å²) in [4.78, 5) is 25.8. The van der Waals surface area contributed by atoms with Gasteiger partial charge in [-0.15, -0.1) is 0 Å². The molecule has 0 aliphatic carbocycles. The molecule has 0 spiro atoms. The predicted molar refractivity (Wildman–Crippen MR) is 105 cm³/mol. The average Bonchev–Trinajstić information content (AvgIpc) is 2.88. The van der Waals surface area contributed by atoms with Crippen molar-refractivity contribution in [3.63, 3.8) is 0 Å². The maximum Gasteiger partial charge on any atom is 0.271 e. The van der Waals surface area contributed by atoms with Crippen molar-refractivity contribution in [2.75, 3.05) is 4.90 Å². The Morgan fingerprint density at radius 3 is 2.52 bits per heavy atom. The Bertz CT molecular complexity index is 939. The van der Waals surface area contributed by atoms with Crippen molar-refractivity contribution in [1.29, 1.82) is 0 Å². The summed E-state index contributed by atoms with van der Waals surface area (Å²) in [5.41, 5.74) is 2.15. The zero-order valence-corrected chi connectivity index (χ0v) is 16.2. The van der Waals surface area contributed by atoms with Gasteiger partial charge in [-0.05, 0) is 47.9 Å². The van der Waals surface area contributed by atoms with Crippen LogP contribution in [0.15, 0.2) is 57.9 Å². The number of amides is 1. The molecule has 4 nitrogen and oxygen atoms in total. The topological polar surface area (TPSA) is 60.4 Å². The van der Waals surface area contributed by atoms with E-state index in [-0.39, 0.29) is 11.5 Å². The maximum atomic E-state index is 12.9. The van der Waals surface area contributed by atoms with Crippen LogP contribution in [-0.2, 0) is 4.79 Å². The zero-order chi connectivity index (χ0) is 18.1. The molecule has 126 valence electrons. The molecule has 25 heavy (non-hydrogen) atoms. The average molecular weight is 433 g/mol. The molecule has 0 aromatic heterocycles. The van der Waals surface area contributed by atoms with Crippen LogP contribution in [0.1, 0.15) is 22.8 Å². The fraction of sp³-hybridized carbons (Fsp3) is 0.0556.